The molecule has 0 unspecified atom stereocenters. The van der Waals surface area contributed by atoms with E-state index >= 15 is 0 Å². The van der Waals surface area contributed by atoms with Crippen molar-refractivity contribution in [2.45, 2.75) is 0 Å². The molecule has 0 saturated heterocycles. The fraction of sp³-hybridized carbons (Fsp3) is 0. The van der Waals surface area contributed by atoms with Crippen LogP contribution in [0.25, 0.3) is 66.1 Å². The molecule has 0 bridgehead atoms. The van der Waals surface area contributed by atoms with Gasteiger partial charge in [0, 0.05) is 44.1 Å². The van der Waals surface area contributed by atoms with Crippen LogP contribution in [0.4, 0.5) is 0 Å². The molecule has 2 aromatic heterocycles. The van der Waals surface area contributed by atoms with E-state index in [-0.39, 0.29) is 6.92 Å². The third-order valence-electron chi connectivity index (χ3n) is 9.99. The third kappa shape index (κ3) is 3.32. The van der Waals surface area contributed by atoms with E-state index in [0.717, 1.165) is 61.7 Å². The lowest BCUT2D eigenvalue weighted by Gasteiger charge is -2.34. The van der Waals surface area contributed by atoms with E-state index in [1.54, 1.807) is 0 Å². The Morgan fingerprint density at radius 3 is 1.64 bits per heavy atom. The van der Waals surface area contributed by atoms with E-state index in [1.807, 2.05) is 0 Å². The first kappa shape index (κ1) is 25.0. The summed E-state index contributed by atoms with van der Waals surface area (Å²) in [6, 6.07) is 53.8. The molecule has 7 aromatic carbocycles. The van der Waals surface area contributed by atoms with Crippen molar-refractivity contribution in [2.24, 2.45) is 0 Å². The fourth-order valence-corrected chi connectivity index (χ4v) is 8.04. The highest BCUT2D eigenvalue weighted by Crippen LogP contribution is 2.44. The summed E-state index contributed by atoms with van der Waals surface area (Å²) in [4.78, 5) is 0. The molecule has 4 nitrogen and oxygen atoms in total. The molecule has 218 valence electrons. The molecule has 4 heterocycles. The maximum absolute atomic E-state index is 7.14. The fourth-order valence-electron chi connectivity index (χ4n) is 8.04. The van der Waals surface area contributed by atoms with Crippen LogP contribution < -0.4 is 20.3 Å². The van der Waals surface area contributed by atoms with Gasteiger partial charge < -0.3 is 18.5 Å². The molecule has 0 fully saturated rings. The van der Waals surface area contributed by atoms with E-state index in [2.05, 4.69) is 161 Å². The number of hydrogen-bond acceptors (Lipinski definition) is 2. The average molecular weight is 600 g/mol. The summed E-state index contributed by atoms with van der Waals surface area (Å²) in [6.07, 6.45) is 0. The third-order valence-corrected chi connectivity index (χ3v) is 9.99. The predicted molar refractivity (Wildman–Crippen MR) is 193 cm³/mol. The average Bonchev–Trinajstić information content (AvgIpc) is 3.64. The summed E-state index contributed by atoms with van der Waals surface area (Å²) < 4.78 is 18.7. The van der Waals surface area contributed by atoms with E-state index < -0.39 is 0 Å². The van der Waals surface area contributed by atoms with E-state index in [4.69, 9.17) is 9.39 Å². The van der Waals surface area contributed by atoms with Crippen LogP contribution in [0.2, 0.25) is 0 Å². The summed E-state index contributed by atoms with van der Waals surface area (Å²) in [5.41, 5.74) is 11.0. The van der Waals surface area contributed by atoms with Gasteiger partial charge in [-0.3, -0.25) is 0 Å². The second-order valence-electron chi connectivity index (χ2n) is 12.4. The molecule has 0 aliphatic carbocycles. The standard InChI is InChI=1S/C42H25BN2O2/c1-6-18-34-27(12-1)28-13-2-7-19-35(28)44(34)26-24-32-31-16-5-10-23-39(31)47-43-33-17-11-22-38(42(33)46-40(25-26)41(32)43)45-36-20-8-3-14-29(36)30-15-4-9-21-37(30)45/h1-25H. The topological polar surface area (TPSA) is 28.3 Å². The molecule has 2 aliphatic rings. The number of hydrogen-bond donors (Lipinski definition) is 0. The van der Waals surface area contributed by atoms with Crippen molar-refractivity contribution in [2.75, 3.05) is 0 Å². The number of ether oxygens (including phenoxy) is 1. The van der Waals surface area contributed by atoms with E-state index in [1.165, 1.54) is 32.6 Å². The van der Waals surface area contributed by atoms with Gasteiger partial charge in [-0.2, -0.15) is 0 Å². The Morgan fingerprint density at radius 2 is 1.00 bits per heavy atom. The molecule has 0 radical (unpaired) electrons. The first-order valence-corrected chi connectivity index (χ1v) is 16.1. The van der Waals surface area contributed by atoms with Crippen molar-refractivity contribution in [3.8, 4) is 39.8 Å². The molecular formula is C42H25BN2O2. The Bertz CT molecular complexity index is 2670. The SMILES string of the molecule is c1ccc2c(c1)OB1c3cccc(-n4c5ccccc5c5ccccc54)c3Oc3cc(-n4c5ccccc5c5ccccc54)cc-2c31. The highest BCUT2D eigenvalue weighted by atomic mass is 16.5. The zero-order valence-corrected chi connectivity index (χ0v) is 25.2. The Morgan fingerprint density at radius 1 is 0.447 bits per heavy atom. The van der Waals surface area contributed by atoms with Crippen molar-refractivity contribution in [1.29, 1.82) is 0 Å². The van der Waals surface area contributed by atoms with Crippen molar-refractivity contribution in [3.63, 3.8) is 0 Å². The lowest BCUT2D eigenvalue weighted by atomic mass is 9.50. The van der Waals surface area contributed by atoms with Gasteiger partial charge in [-0.1, -0.05) is 103 Å². The van der Waals surface area contributed by atoms with Crippen LogP contribution >= 0.6 is 0 Å². The minimum atomic E-state index is -0.307. The van der Waals surface area contributed by atoms with E-state index in [0.29, 0.717) is 0 Å². The number of benzene rings is 7. The quantitative estimate of drug-likeness (QED) is 0.185. The maximum Gasteiger partial charge on any atom is 0.434 e. The lowest BCUT2D eigenvalue weighted by molar-refractivity contribution is 0.477. The highest BCUT2D eigenvalue weighted by molar-refractivity contribution is 6.84. The summed E-state index contributed by atoms with van der Waals surface area (Å²) in [6.45, 7) is -0.307. The predicted octanol–water partition coefficient (Wildman–Crippen LogP) is 9.15. The molecule has 11 rings (SSSR count). The maximum atomic E-state index is 7.14. The lowest BCUT2D eigenvalue weighted by Crippen LogP contribution is -2.53. The molecule has 0 spiro atoms. The minimum Gasteiger partial charge on any atom is -0.551 e. The molecule has 0 N–H and O–H groups in total. The van der Waals surface area contributed by atoms with Gasteiger partial charge in [-0.15, -0.1) is 0 Å². The molecule has 5 heteroatoms. The van der Waals surface area contributed by atoms with Crippen LogP contribution in [0, 0.1) is 0 Å². The first-order chi connectivity index (χ1) is 23.3. The van der Waals surface area contributed by atoms with Gasteiger partial charge in [0.2, 0.25) is 0 Å². The second-order valence-corrected chi connectivity index (χ2v) is 12.4. The highest BCUT2D eigenvalue weighted by Gasteiger charge is 2.42. The molecule has 2 aliphatic heterocycles. The van der Waals surface area contributed by atoms with Crippen molar-refractivity contribution < 1.29 is 9.39 Å². The van der Waals surface area contributed by atoms with Crippen LogP contribution in [0.5, 0.6) is 17.2 Å². The Balaban J connectivity index is 1.21. The molecule has 47 heavy (non-hydrogen) atoms. The normalized spacial score (nSPS) is 13.0. The Kier molecular flexibility index (Phi) is 4.89. The van der Waals surface area contributed by atoms with Gasteiger partial charge in [0.15, 0.2) is 0 Å². The van der Waals surface area contributed by atoms with Crippen molar-refractivity contribution >= 4 is 61.5 Å². The van der Waals surface area contributed by atoms with Gasteiger partial charge in [0.05, 0.1) is 33.4 Å². The van der Waals surface area contributed by atoms with Gasteiger partial charge in [0.1, 0.15) is 17.2 Å². The van der Waals surface area contributed by atoms with Crippen LogP contribution in [0.3, 0.4) is 0 Å². The van der Waals surface area contributed by atoms with Gasteiger partial charge in [-0.25, -0.2) is 0 Å². The first-order valence-electron chi connectivity index (χ1n) is 16.1. The smallest absolute Gasteiger partial charge is 0.434 e. The summed E-state index contributed by atoms with van der Waals surface area (Å²) >= 11 is 0. The van der Waals surface area contributed by atoms with Crippen LogP contribution in [0.15, 0.2) is 152 Å². The number of aromatic nitrogens is 2. The van der Waals surface area contributed by atoms with Crippen LogP contribution in [-0.4, -0.2) is 16.0 Å². The molecule has 0 saturated carbocycles. The Hall–Kier alpha value is -6.20. The van der Waals surface area contributed by atoms with Gasteiger partial charge >= 0.3 is 6.92 Å². The number of para-hydroxylation sites is 6. The minimum absolute atomic E-state index is 0.307. The molecule has 9 aromatic rings. The second kappa shape index (κ2) is 9.18. The molecule has 0 atom stereocenters. The van der Waals surface area contributed by atoms with Gasteiger partial charge in [0.25, 0.3) is 0 Å². The number of fused-ring (bicyclic) bond motifs is 10. The van der Waals surface area contributed by atoms with Crippen LogP contribution in [-0.2, 0) is 0 Å². The van der Waals surface area contributed by atoms with Crippen molar-refractivity contribution in [3.05, 3.63) is 152 Å². The van der Waals surface area contributed by atoms with Gasteiger partial charge in [-0.05, 0) is 48.0 Å². The summed E-state index contributed by atoms with van der Waals surface area (Å²) in [5, 5.41) is 4.90. The van der Waals surface area contributed by atoms with Crippen molar-refractivity contribution in [1.82, 2.24) is 9.13 Å². The Labute approximate surface area is 270 Å². The summed E-state index contributed by atoms with van der Waals surface area (Å²) in [7, 11) is 0. The van der Waals surface area contributed by atoms with E-state index in [9.17, 15) is 0 Å². The monoisotopic (exact) mass is 600 g/mol. The molecular weight excluding hydrogens is 575 g/mol. The zero-order valence-electron chi connectivity index (χ0n) is 25.2. The van der Waals surface area contributed by atoms with Crippen LogP contribution in [0.1, 0.15) is 0 Å². The number of nitrogens with zero attached hydrogens (tertiary/aromatic N) is 2. The number of rotatable bonds is 2. The largest absolute Gasteiger partial charge is 0.551 e. The summed E-state index contributed by atoms with van der Waals surface area (Å²) in [5.74, 6) is 2.52. The molecule has 0 amide bonds. The zero-order chi connectivity index (χ0) is 30.6.